The summed E-state index contributed by atoms with van der Waals surface area (Å²) in [5, 5.41) is 0. The maximum absolute atomic E-state index is 11.4. The second kappa shape index (κ2) is 7.68. The molecule has 1 aromatic carbocycles. The summed E-state index contributed by atoms with van der Waals surface area (Å²) in [6.45, 7) is 0. The molecule has 1 aromatic rings. The van der Waals surface area contributed by atoms with E-state index < -0.39 is 23.8 Å². The number of amides is 1. The zero-order chi connectivity index (χ0) is 12.8. The lowest BCUT2D eigenvalue weighted by Crippen LogP contribution is -2.36. The smallest absolute Gasteiger partial charge is 0.322 e. The number of halogens is 1. The van der Waals surface area contributed by atoms with Crippen LogP contribution in [0.3, 0.4) is 0 Å². The standard InChI is InChI=1S/C12H16N2O3.ClH/c1-17-12(16)10(13)7-9(11(14)15)8-5-3-2-4-6-8;/h2-6,9-10H,7,13H2,1H3,(H2,14,15);1H/t9?,10-;/m0./s1. The first-order valence-electron chi connectivity index (χ1n) is 5.24. The molecular formula is C12H17ClN2O3. The Balaban J connectivity index is 0.00000289. The Bertz CT molecular complexity index is 398. The zero-order valence-electron chi connectivity index (χ0n) is 10.0. The molecule has 0 aliphatic carbocycles. The van der Waals surface area contributed by atoms with Crippen LogP contribution in [0.15, 0.2) is 30.3 Å². The number of ether oxygens (including phenoxy) is 1. The van der Waals surface area contributed by atoms with E-state index in [2.05, 4.69) is 4.74 Å². The molecule has 1 rings (SSSR count). The Kier molecular flexibility index (Phi) is 7.00. The Labute approximate surface area is 112 Å². The predicted molar refractivity (Wildman–Crippen MR) is 70.2 cm³/mol. The van der Waals surface area contributed by atoms with Gasteiger partial charge in [0.15, 0.2) is 0 Å². The molecule has 0 fully saturated rings. The lowest BCUT2D eigenvalue weighted by atomic mass is 9.92. The fourth-order valence-corrected chi connectivity index (χ4v) is 1.60. The number of benzene rings is 1. The maximum Gasteiger partial charge on any atom is 0.322 e. The molecule has 1 amide bonds. The van der Waals surface area contributed by atoms with Crippen LogP contribution < -0.4 is 11.5 Å². The summed E-state index contributed by atoms with van der Waals surface area (Å²) in [5.74, 6) is -1.63. The number of carbonyl (C=O) groups is 2. The van der Waals surface area contributed by atoms with E-state index in [-0.39, 0.29) is 18.8 Å². The van der Waals surface area contributed by atoms with Gasteiger partial charge in [0, 0.05) is 0 Å². The highest BCUT2D eigenvalue weighted by Crippen LogP contribution is 2.20. The lowest BCUT2D eigenvalue weighted by Gasteiger charge is -2.17. The molecule has 0 aliphatic heterocycles. The van der Waals surface area contributed by atoms with Crippen molar-refractivity contribution < 1.29 is 14.3 Å². The van der Waals surface area contributed by atoms with Gasteiger partial charge in [0.05, 0.1) is 13.0 Å². The third-order valence-corrected chi connectivity index (χ3v) is 2.54. The van der Waals surface area contributed by atoms with E-state index in [1.165, 1.54) is 7.11 Å². The Morgan fingerprint density at radius 1 is 1.28 bits per heavy atom. The van der Waals surface area contributed by atoms with Gasteiger partial charge in [0.2, 0.25) is 5.91 Å². The summed E-state index contributed by atoms with van der Waals surface area (Å²) in [6.07, 6.45) is 0.145. The largest absolute Gasteiger partial charge is 0.468 e. The van der Waals surface area contributed by atoms with E-state index in [1.54, 1.807) is 24.3 Å². The number of primary amides is 1. The number of nitrogens with two attached hydrogens (primary N) is 2. The van der Waals surface area contributed by atoms with Crippen molar-refractivity contribution in [2.75, 3.05) is 7.11 Å². The fourth-order valence-electron chi connectivity index (χ4n) is 1.60. The molecule has 0 spiro atoms. The molecule has 0 radical (unpaired) electrons. The van der Waals surface area contributed by atoms with Crippen molar-refractivity contribution in [3.8, 4) is 0 Å². The minimum absolute atomic E-state index is 0. The lowest BCUT2D eigenvalue weighted by molar-refractivity contribution is -0.142. The Morgan fingerprint density at radius 2 is 1.83 bits per heavy atom. The number of esters is 1. The van der Waals surface area contributed by atoms with Crippen molar-refractivity contribution in [1.82, 2.24) is 0 Å². The molecule has 100 valence electrons. The summed E-state index contributed by atoms with van der Waals surface area (Å²) < 4.78 is 4.51. The zero-order valence-corrected chi connectivity index (χ0v) is 10.9. The van der Waals surface area contributed by atoms with Crippen LogP contribution in [0.2, 0.25) is 0 Å². The molecule has 0 saturated carbocycles. The van der Waals surface area contributed by atoms with Crippen molar-refractivity contribution in [2.45, 2.75) is 18.4 Å². The molecule has 18 heavy (non-hydrogen) atoms. The van der Waals surface area contributed by atoms with Crippen LogP contribution in [-0.4, -0.2) is 25.0 Å². The summed E-state index contributed by atoms with van der Waals surface area (Å²) in [7, 11) is 1.25. The fraction of sp³-hybridized carbons (Fsp3) is 0.333. The molecule has 0 saturated heterocycles. The minimum atomic E-state index is -0.849. The summed E-state index contributed by atoms with van der Waals surface area (Å²) in [4.78, 5) is 22.6. The molecule has 1 unspecified atom stereocenters. The van der Waals surface area contributed by atoms with Gasteiger partial charge in [0.1, 0.15) is 6.04 Å². The number of rotatable bonds is 5. The summed E-state index contributed by atoms with van der Waals surface area (Å²) in [5.41, 5.74) is 11.7. The monoisotopic (exact) mass is 272 g/mol. The van der Waals surface area contributed by atoms with Crippen LogP contribution in [0.1, 0.15) is 17.9 Å². The van der Waals surface area contributed by atoms with Gasteiger partial charge in [-0.3, -0.25) is 9.59 Å². The van der Waals surface area contributed by atoms with Crippen molar-refractivity contribution in [1.29, 1.82) is 0 Å². The van der Waals surface area contributed by atoms with Crippen LogP contribution in [0.4, 0.5) is 0 Å². The first-order valence-corrected chi connectivity index (χ1v) is 5.24. The molecule has 0 heterocycles. The van der Waals surface area contributed by atoms with Crippen molar-refractivity contribution in [3.63, 3.8) is 0 Å². The first-order chi connectivity index (χ1) is 8.06. The predicted octanol–water partition coefficient (Wildman–Crippen LogP) is 0.568. The van der Waals surface area contributed by atoms with E-state index in [0.717, 1.165) is 5.56 Å². The third-order valence-electron chi connectivity index (χ3n) is 2.54. The molecule has 5 nitrogen and oxygen atoms in total. The average molecular weight is 273 g/mol. The summed E-state index contributed by atoms with van der Waals surface area (Å²) >= 11 is 0. The second-order valence-corrected chi connectivity index (χ2v) is 3.73. The highest BCUT2D eigenvalue weighted by Gasteiger charge is 2.24. The van der Waals surface area contributed by atoms with Gasteiger partial charge in [-0.2, -0.15) is 0 Å². The maximum atomic E-state index is 11.4. The van der Waals surface area contributed by atoms with Crippen molar-refractivity contribution >= 4 is 24.3 Å². The molecule has 2 atom stereocenters. The van der Waals surface area contributed by atoms with Gasteiger partial charge in [0.25, 0.3) is 0 Å². The number of hydrogen-bond donors (Lipinski definition) is 2. The van der Waals surface area contributed by atoms with E-state index in [4.69, 9.17) is 11.5 Å². The van der Waals surface area contributed by atoms with E-state index in [1.807, 2.05) is 6.07 Å². The second-order valence-electron chi connectivity index (χ2n) is 3.73. The number of carbonyl (C=O) groups excluding carboxylic acids is 2. The molecule has 0 aliphatic rings. The van der Waals surface area contributed by atoms with Gasteiger partial charge in [-0.25, -0.2) is 0 Å². The molecule has 4 N–H and O–H groups in total. The van der Waals surface area contributed by atoms with Crippen LogP contribution in [0.25, 0.3) is 0 Å². The SMILES string of the molecule is COC(=O)[C@@H](N)CC(C(N)=O)c1ccccc1.Cl. The first kappa shape index (κ1) is 16.4. The van der Waals surface area contributed by atoms with Gasteiger partial charge < -0.3 is 16.2 Å². The molecular weight excluding hydrogens is 256 g/mol. The van der Waals surface area contributed by atoms with Gasteiger partial charge in [-0.15, -0.1) is 12.4 Å². The van der Waals surface area contributed by atoms with E-state index in [9.17, 15) is 9.59 Å². The van der Waals surface area contributed by atoms with Crippen LogP contribution in [-0.2, 0) is 14.3 Å². The summed E-state index contributed by atoms with van der Waals surface area (Å²) in [6, 6.07) is 8.14. The van der Waals surface area contributed by atoms with Gasteiger partial charge in [-0.05, 0) is 12.0 Å². The van der Waals surface area contributed by atoms with Crippen molar-refractivity contribution in [2.24, 2.45) is 11.5 Å². The van der Waals surface area contributed by atoms with Crippen molar-refractivity contribution in [3.05, 3.63) is 35.9 Å². The quantitative estimate of drug-likeness (QED) is 0.766. The molecule has 0 bridgehead atoms. The third kappa shape index (κ3) is 4.35. The topological polar surface area (TPSA) is 95.4 Å². The highest BCUT2D eigenvalue weighted by molar-refractivity contribution is 5.85. The Morgan fingerprint density at radius 3 is 2.28 bits per heavy atom. The van der Waals surface area contributed by atoms with Crippen LogP contribution in [0.5, 0.6) is 0 Å². The normalized spacial score (nSPS) is 13.0. The average Bonchev–Trinajstić information content (AvgIpc) is 2.35. The van der Waals surface area contributed by atoms with Crippen LogP contribution in [0, 0.1) is 0 Å². The molecule has 0 aromatic heterocycles. The van der Waals surface area contributed by atoms with E-state index >= 15 is 0 Å². The van der Waals surface area contributed by atoms with Gasteiger partial charge in [-0.1, -0.05) is 30.3 Å². The van der Waals surface area contributed by atoms with Crippen LogP contribution >= 0.6 is 12.4 Å². The number of hydrogen-bond acceptors (Lipinski definition) is 4. The van der Waals surface area contributed by atoms with Gasteiger partial charge >= 0.3 is 5.97 Å². The van der Waals surface area contributed by atoms with E-state index in [0.29, 0.717) is 0 Å². The molecule has 6 heteroatoms. The number of methoxy groups -OCH3 is 1. The Hall–Kier alpha value is -1.59. The highest BCUT2D eigenvalue weighted by atomic mass is 35.5. The minimum Gasteiger partial charge on any atom is -0.468 e.